The van der Waals surface area contributed by atoms with Crippen LogP contribution < -0.4 is 5.73 Å². The fourth-order valence-electron chi connectivity index (χ4n) is 2.41. The third-order valence-electron chi connectivity index (χ3n) is 3.58. The molecule has 1 atom stereocenters. The standard InChI is InChI=1S/C17H19Br2N/c1-3-11-5-6-12(4-2)16(7-11)17(20)13-8-14(18)10-15(19)9-13/h5-10,17H,3-4,20H2,1-2H3. The van der Waals surface area contributed by atoms with Crippen molar-refractivity contribution in [3.05, 3.63) is 67.6 Å². The third kappa shape index (κ3) is 3.51. The number of aryl methyl sites for hydroxylation is 2. The number of nitrogens with two attached hydrogens (primary N) is 1. The minimum Gasteiger partial charge on any atom is -0.320 e. The van der Waals surface area contributed by atoms with Crippen molar-refractivity contribution in [3.63, 3.8) is 0 Å². The number of rotatable bonds is 4. The van der Waals surface area contributed by atoms with E-state index in [-0.39, 0.29) is 6.04 Å². The van der Waals surface area contributed by atoms with E-state index in [2.05, 4.69) is 76.0 Å². The summed E-state index contributed by atoms with van der Waals surface area (Å²) in [5.74, 6) is 0. The van der Waals surface area contributed by atoms with Crippen molar-refractivity contribution >= 4 is 31.9 Å². The largest absolute Gasteiger partial charge is 0.320 e. The van der Waals surface area contributed by atoms with Crippen molar-refractivity contribution in [3.8, 4) is 0 Å². The van der Waals surface area contributed by atoms with Crippen LogP contribution in [0.25, 0.3) is 0 Å². The third-order valence-corrected chi connectivity index (χ3v) is 4.49. The molecular formula is C17H19Br2N. The van der Waals surface area contributed by atoms with Gasteiger partial charge in [-0.2, -0.15) is 0 Å². The Hall–Kier alpha value is -0.640. The van der Waals surface area contributed by atoms with Gasteiger partial charge in [-0.05, 0) is 53.3 Å². The molecule has 2 aromatic carbocycles. The summed E-state index contributed by atoms with van der Waals surface area (Å²) >= 11 is 7.06. The average Bonchev–Trinajstić information content (AvgIpc) is 2.44. The van der Waals surface area contributed by atoms with Crippen LogP contribution in [0.3, 0.4) is 0 Å². The zero-order chi connectivity index (χ0) is 14.7. The molecule has 0 aliphatic rings. The van der Waals surface area contributed by atoms with Gasteiger partial charge in [-0.15, -0.1) is 0 Å². The van der Waals surface area contributed by atoms with Crippen molar-refractivity contribution in [2.75, 3.05) is 0 Å². The first kappa shape index (κ1) is 15.7. The number of hydrogen-bond acceptors (Lipinski definition) is 1. The summed E-state index contributed by atoms with van der Waals surface area (Å²) in [4.78, 5) is 0. The van der Waals surface area contributed by atoms with Crippen LogP contribution in [-0.4, -0.2) is 0 Å². The average molecular weight is 397 g/mol. The molecule has 0 amide bonds. The Kier molecular flexibility index (Phi) is 5.42. The highest BCUT2D eigenvalue weighted by atomic mass is 79.9. The summed E-state index contributed by atoms with van der Waals surface area (Å²) < 4.78 is 2.09. The SMILES string of the molecule is CCc1ccc(CC)c(C(N)c2cc(Br)cc(Br)c2)c1. The lowest BCUT2D eigenvalue weighted by Gasteiger charge is -2.18. The van der Waals surface area contributed by atoms with Crippen molar-refractivity contribution in [1.82, 2.24) is 0 Å². The van der Waals surface area contributed by atoms with E-state index in [4.69, 9.17) is 5.73 Å². The highest BCUT2D eigenvalue weighted by molar-refractivity contribution is 9.11. The topological polar surface area (TPSA) is 26.0 Å². The predicted molar refractivity (Wildman–Crippen MR) is 93.1 cm³/mol. The zero-order valence-corrected chi connectivity index (χ0v) is 15.0. The molecule has 0 heterocycles. The lowest BCUT2D eigenvalue weighted by molar-refractivity contribution is 0.843. The van der Waals surface area contributed by atoms with E-state index in [1.54, 1.807) is 0 Å². The second-order valence-corrected chi connectivity index (χ2v) is 6.75. The monoisotopic (exact) mass is 395 g/mol. The fraction of sp³-hybridized carbons (Fsp3) is 0.294. The van der Waals surface area contributed by atoms with Gasteiger partial charge in [0.15, 0.2) is 0 Å². The van der Waals surface area contributed by atoms with Crippen LogP contribution >= 0.6 is 31.9 Å². The van der Waals surface area contributed by atoms with Gasteiger partial charge in [0.2, 0.25) is 0 Å². The van der Waals surface area contributed by atoms with Crippen molar-refractivity contribution in [2.24, 2.45) is 5.73 Å². The summed E-state index contributed by atoms with van der Waals surface area (Å²) in [6.07, 6.45) is 2.04. The van der Waals surface area contributed by atoms with E-state index >= 15 is 0 Å². The van der Waals surface area contributed by atoms with Crippen molar-refractivity contribution in [2.45, 2.75) is 32.7 Å². The molecule has 0 radical (unpaired) electrons. The Morgan fingerprint density at radius 3 is 2.15 bits per heavy atom. The molecule has 0 aliphatic carbocycles. The lowest BCUT2D eigenvalue weighted by atomic mass is 9.92. The molecule has 2 aromatic rings. The Morgan fingerprint density at radius 2 is 1.60 bits per heavy atom. The second-order valence-electron chi connectivity index (χ2n) is 4.92. The molecule has 106 valence electrons. The molecule has 1 nitrogen and oxygen atoms in total. The summed E-state index contributed by atoms with van der Waals surface area (Å²) in [6, 6.07) is 12.8. The highest BCUT2D eigenvalue weighted by Crippen LogP contribution is 2.29. The van der Waals surface area contributed by atoms with E-state index < -0.39 is 0 Å². The van der Waals surface area contributed by atoms with Crippen LogP contribution in [0.15, 0.2) is 45.3 Å². The molecule has 0 fully saturated rings. The van der Waals surface area contributed by atoms with Gasteiger partial charge < -0.3 is 5.73 Å². The van der Waals surface area contributed by atoms with Gasteiger partial charge in [-0.25, -0.2) is 0 Å². The van der Waals surface area contributed by atoms with Crippen LogP contribution in [0.5, 0.6) is 0 Å². The Labute approximate surface area is 137 Å². The Bertz CT molecular complexity index is 588. The first-order valence-electron chi connectivity index (χ1n) is 6.88. The highest BCUT2D eigenvalue weighted by Gasteiger charge is 2.14. The summed E-state index contributed by atoms with van der Waals surface area (Å²) in [5.41, 5.74) is 11.5. The number of halogens is 2. The minimum absolute atomic E-state index is 0.0924. The van der Waals surface area contributed by atoms with E-state index in [1.807, 2.05) is 6.07 Å². The summed E-state index contributed by atoms with van der Waals surface area (Å²) in [5, 5.41) is 0. The second kappa shape index (κ2) is 6.88. The molecule has 2 rings (SSSR count). The minimum atomic E-state index is -0.0924. The predicted octanol–water partition coefficient (Wildman–Crippen LogP) is 5.38. The molecule has 0 aliphatic heterocycles. The maximum absolute atomic E-state index is 6.51. The Balaban J connectivity index is 2.48. The molecule has 2 N–H and O–H groups in total. The van der Waals surface area contributed by atoms with Gasteiger partial charge in [-0.1, -0.05) is 63.9 Å². The van der Waals surface area contributed by atoms with E-state index in [1.165, 1.54) is 16.7 Å². The smallest absolute Gasteiger partial charge is 0.0555 e. The van der Waals surface area contributed by atoms with Gasteiger partial charge in [0.05, 0.1) is 6.04 Å². The van der Waals surface area contributed by atoms with Gasteiger partial charge in [0, 0.05) is 8.95 Å². The molecule has 1 unspecified atom stereocenters. The summed E-state index contributed by atoms with van der Waals surface area (Å²) in [6.45, 7) is 4.35. The molecule has 0 bridgehead atoms. The first-order chi connectivity index (χ1) is 9.55. The van der Waals surface area contributed by atoms with Crippen molar-refractivity contribution in [1.29, 1.82) is 0 Å². The maximum Gasteiger partial charge on any atom is 0.0555 e. The van der Waals surface area contributed by atoms with E-state index in [0.717, 1.165) is 27.4 Å². The summed E-state index contributed by atoms with van der Waals surface area (Å²) in [7, 11) is 0. The zero-order valence-electron chi connectivity index (χ0n) is 11.8. The molecule has 0 saturated carbocycles. The van der Waals surface area contributed by atoms with Crippen LogP contribution in [-0.2, 0) is 12.8 Å². The molecule has 3 heteroatoms. The van der Waals surface area contributed by atoms with Crippen molar-refractivity contribution < 1.29 is 0 Å². The van der Waals surface area contributed by atoms with E-state index in [9.17, 15) is 0 Å². The van der Waals surface area contributed by atoms with Gasteiger partial charge in [0.25, 0.3) is 0 Å². The maximum atomic E-state index is 6.51. The van der Waals surface area contributed by atoms with Gasteiger partial charge >= 0.3 is 0 Å². The normalized spacial score (nSPS) is 12.4. The lowest BCUT2D eigenvalue weighted by Crippen LogP contribution is -2.14. The van der Waals surface area contributed by atoms with Gasteiger partial charge in [0.1, 0.15) is 0 Å². The molecule has 20 heavy (non-hydrogen) atoms. The molecule has 0 aromatic heterocycles. The Morgan fingerprint density at radius 1 is 0.950 bits per heavy atom. The molecule has 0 spiro atoms. The fourth-order valence-corrected chi connectivity index (χ4v) is 3.74. The van der Waals surface area contributed by atoms with Crippen LogP contribution in [0, 0.1) is 0 Å². The van der Waals surface area contributed by atoms with Crippen LogP contribution in [0.4, 0.5) is 0 Å². The first-order valence-corrected chi connectivity index (χ1v) is 8.47. The van der Waals surface area contributed by atoms with Crippen LogP contribution in [0.2, 0.25) is 0 Å². The van der Waals surface area contributed by atoms with E-state index in [0.29, 0.717) is 0 Å². The molecular weight excluding hydrogens is 378 g/mol. The molecule has 0 saturated heterocycles. The van der Waals surface area contributed by atoms with Gasteiger partial charge in [-0.3, -0.25) is 0 Å². The number of benzene rings is 2. The van der Waals surface area contributed by atoms with Crippen LogP contribution in [0.1, 0.15) is 42.1 Å². The quantitative estimate of drug-likeness (QED) is 0.736. The number of hydrogen-bond donors (Lipinski definition) is 1.